The van der Waals surface area contributed by atoms with Gasteiger partial charge in [0.2, 0.25) is 5.69 Å². The van der Waals surface area contributed by atoms with Gasteiger partial charge >= 0.3 is 12.1 Å². The second-order valence-electron chi connectivity index (χ2n) is 4.92. The molecule has 1 saturated heterocycles. The van der Waals surface area contributed by atoms with E-state index in [1.807, 2.05) is 0 Å². The van der Waals surface area contributed by atoms with Crippen LogP contribution in [0.2, 0.25) is 0 Å². The summed E-state index contributed by atoms with van der Waals surface area (Å²) in [5.41, 5.74) is -0.245. The van der Waals surface area contributed by atoms with E-state index in [1.54, 1.807) is 6.92 Å². The molecule has 0 bridgehead atoms. The number of nitrogens with zero attached hydrogens (tertiary/aromatic N) is 2. The van der Waals surface area contributed by atoms with E-state index in [0.717, 1.165) is 6.42 Å². The van der Waals surface area contributed by atoms with Gasteiger partial charge < -0.3 is 14.2 Å². The summed E-state index contributed by atoms with van der Waals surface area (Å²) < 4.78 is 52.9. The molecule has 22 heavy (non-hydrogen) atoms. The van der Waals surface area contributed by atoms with Gasteiger partial charge in [-0.25, -0.2) is 4.79 Å². The lowest BCUT2D eigenvalue weighted by Crippen LogP contribution is -2.20. The van der Waals surface area contributed by atoms with E-state index in [1.165, 1.54) is 10.9 Å². The Labute approximate surface area is 125 Å². The minimum absolute atomic E-state index is 0.0981. The highest BCUT2D eigenvalue weighted by atomic mass is 19.4. The van der Waals surface area contributed by atoms with E-state index < -0.39 is 18.8 Å². The number of hydrogen-bond donors (Lipinski definition) is 0. The van der Waals surface area contributed by atoms with Crippen molar-refractivity contribution in [2.24, 2.45) is 5.92 Å². The van der Waals surface area contributed by atoms with Crippen LogP contribution in [0.1, 0.15) is 23.8 Å². The Balaban J connectivity index is 2.12. The van der Waals surface area contributed by atoms with Crippen molar-refractivity contribution >= 4 is 5.97 Å². The molecule has 6 nitrogen and oxygen atoms in total. The molecule has 2 heterocycles. The Morgan fingerprint density at radius 3 is 2.91 bits per heavy atom. The zero-order chi connectivity index (χ0) is 16.2. The Morgan fingerprint density at radius 2 is 2.32 bits per heavy atom. The normalized spacial score (nSPS) is 18.5. The summed E-state index contributed by atoms with van der Waals surface area (Å²) >= 11 is 0. The smallest absolute Gasteiger partial charge is 0.422 e. The molecule has 0 aliphatic carbocycles. The van der Waals surface area contributed by atoms with Crippen molar-refractivity contribution in [1.82, 2.24) is 9.78 Å². The Morgan fingerprint density at radius 1 is 1.55 bits per heavy atom. The van der Waals surface area contributed by atoms with Crippen molar-refractivity contribution in [3.8, 4) is 5.75 Å². The molecule has 1 aliphatic rings. The van der Waals surface area contributed by atoms with E-state index in [9.17, 15) is 18.0 Å². The molecule has 124 valence electrons. The number of carbonyl (C=O) groups is 1. The van der Waals surface area contributed by atoms with Gasteiger partial charge in [0.1, 0.15) is 0 Å². The fraction of sp³-hybridized carbons (Fsp3) is 0.692. The maximum absolute atomic E-state index is 12.3. The number of carbonyl (C=O) groups excluding carboxylic acids is 1. The number of hydrogen-bond acceptors (Lipinski definition) is 5. The second-order valence-corrected chi connectivity index (χ2v) is 4.92. The number of esters is 1. The molecule has 2 rings (SSSR count). The van der Waals surface area contributed by atoms with Crippen LogP contribution in [-0.2, 0) is 16.0 Å². The van der Waals surface area contributed by atoms with Crippen molar-refractivity contribution in [2.75, 3.05) is 26.4 Å². The maximum atomic E-state index is 12.3. The number of ether oxygens (including phenoxy) is 3. The maximum Gasteiger partial charge on any atom is 0.422 e. The molecule has 1 aromatic heterocycles. The van der Waals surface area contributed by atoms with E-state index in [-0.39, 0.29) is 24.0 Å². The van der Waals surface area contributed by atoms with Gasteiger partial charge in [0, 0.05) is 19.1 Å². The first-order valence-electron chi connectivity index (χ1n) is 6.91. The SMILES string of the molecule is CCOC(=O)c1nn(CC2CCOC2)cc1OCC(F)(F)F. The third kappa shape index (κ3) is 4.62. The Hall–Kier alpha value is -1.77. The fourth-order valence-electron chi connectivity index (χ4n) is 2.09. The zero-order valence-corrected chi connectivity index (χ0v) is 12.1. The highest BCUT2D eigenvalue weighted by Gasteiger charge is 2.30. The topological polar surface area (TPSA) is 62.6 Å². The van der Waals surface area contributed by atoms with Crippen molar-refractivity contribution in [2.45, 2.75) is 26.1 Å². The van der Waals surface area contributed by atoms with Gasteiger partial charge in [0.25, 0.3) is 0 Å². The lowest BCUT2D eigenvalue weighted by Gasteiger charge is -2.08. The van der Waals surface area contributed by atoms with Crippen LogP contribution in [-0.4, -0.2) is 48.4 Å². The molecule has 9 heteroatoms. The second kappa shape index (κ2) is 6.99. The van der Waals surface area contributed by atoms with E-state index in [0.29, 0.717) is 19.8 Å². The first-order valence-corrected chi connectivity index (χ1v) is 6.91. The highest BCUT2D eigenvalue weighted by Crippen LogP contribution is 2.24. The number of aromatic nitrogens is 2. The first kappa shape index (κ1) is 16.6. The zero-order valence-electron chi connectivity index (χ0n) is 12.1. The van der Waals surface area contributed by atoms with Gasteiger partial charge in [-0.3, -0.25) is 4.68 Å². The summed E-state index contributed by atoms with van der Waals surface area (Å²) in [4.78, 5) is 11.8. The molecule has 0 saturated carbocycles. The minimum Gasteiger partial charge on any atom is -0.480 e. The largest absolute Gasteiger partial charge is 0.480 e. The van der Waals surface area contributed by atoms with Gasteiger partial charge in [-0.05, 0) is 13.3 Å². The summed E-state index contributed by atoms with van der Waals surface area (Å²) in [7, 11) is 0. The lowest BCUT2D eigenvalue weighted by atomic mass is 10.1. The number of halogens is 3. The van der Waals surface area contributed by atoms with Crippen LogP contribution in [0.25, 0.3) is 0 Å². The molecule has 1 unspecified atom stereocenters. The van der Waals surface area contributed by atoms with Crippen LogP contribution in [0, 0.1) is 5.92 Å². The van der Waals surface area contributed by atoms with E-state index in [2.05, 4.69) is 9.84 Å². The Kier molecular flexibility index (Phi) is 5.28. The molecular formula is C13H17F3N2O4. The molecule has 0 radical (unpaired) electrons. The van der Waals surface area contributed by atoms with Crippen LogP contribution in [0.15, 0.2) is 6.20 Å². The van der Waals surface area contributed by atoms with Gasteiger partial charge in [-0.2, -0.15) is 18.3 Å². The third-order valence-electron chi connectivity index (χ3n) is 3.06. The van der Waals surface area contributed by atoms with Gasteiger partial charge in [0.05, 0.1) is 19.4 Å². The predicted molar refractivity (Wildman–Crippen MR) is 68.7 cm³/mol. The average Bonchev–Trinajstić information content (AvgIpc) is 3.06. The molecule has 0 aromatic carbocycles. The Bertz CT molecular complexity index is 510. The summed E-state index contributed by atoms with van der Waals surface area (Å²) in [6, 6.07) is 0. The molecular weight excluding hydrogens is 305 g/mol. The molecule has 0 N–H and O–H groups in total. The van der Waals surface area contributed by atoms with E-state index >= 15 is 0 Å². The minimum atomic E-state index is -4.49. The van der Waals surface area contributed by atoms with E-state index in [4.69, 9.17) is 9.47 Å². The average molecular weight is 322 g/mol. The summed E-state index contributed by atoms with van der Waals surface area (Å²) in [5, 5.41) is 3.99. The standard InChI is InChI=1S/C13H17F3N2O4/c1-2-21-12(19)11-10(22-8-13(14,15)16)6-18(17-11)5-9-3-4-20-7-9/h6,9H,2-5,7-8H2,1H3. The number of alkyl halides is 3. The van der Waals surface area contributed by atoms with Gasteiger partial charge in [-0.15, -0.1) is 0 Å². The molecule has 1 atom stereocenters. The first-order chi connectivity index (χ1) is 10.4. The molecule has 0 amide bonds. The van der Waals surface area contributed by atoms with Crippen molar-refractivity contribution in [3.63, 3.8) is 0 Å². The van der Waals surface area contributed by atoms with Crippen molar-refractivity contribution < 1.29 is 32.2 Å². The van der Waals surface area contributed by atoms with Gasteiger partial charge in [-0.1, -0.05) is 0 Å². The third-order valence-corrected chi connectivity index (χ3v) is 3.06. The fourth-order valence-corrected chi connectivity index (χ4v) is 2.09. The van der Waals surface area contributed by atoms with Crippen LogP contribution in [0.3, 0.4) is 0 Å². The quantitative estimate of drug-likeness (QED) is 0.750. The molecule has 0 spiro atoms. The van der Waals surface area contributed by atoms with Gasteiger partial charge in [0.15, 0.2) is 12.4 Å². The monoisotopic (exact) mass is 322 g/mol. The lowest BCUT2D eigenvalue weighted by molar-refractivity contribution is -0.153. The molecule has 1 aromatic rings. The summed E-state index contributed by atoms with van der Waals surface area (Å²) in [5.74, 6) is -0.818. The van der Waals surface area contributed by atoms with Crippen LogP contribution < -0.4 is 4.74 Å². The van der Waals surface area contributed by atoms with Crippen LogP contribution in [0.4, 0.5) is 13.2 Å². The van der Waals surface area contributed by atoms with Crippen molar-refractivity contribution in [1.29, 1.82) is 0 Å². The van der Waals surface area contributed by atoms with Crippen LogP contribution in [0.5, 0.6) is 5.75 Å². The highest BCUT2D eigenvalue weighted by molar-refractivity contribution is 5.90. The summed E-state index contributed by atoms with van der Waals surface area (Å²) in [6.07, 6.45) is -2.36. The van der Waals surface area contributed by atoms with Crippen molar-refractivity contribution in [3.05, 3.63) is 11.9 Å². The predicted octanol–water partition coefficient (Wildman–Crippen LogP) is 2.04. The summed E-state index contributed by atoms with van der Waals surface area (Å²) in [6.45, 7) is 1.86. The van der Waals surface area contributed by atoms with Crippen LogP contribution >= 0.6 is 0 Å². The number of rotatable bonds is 6. The molecule has 1 fully saturated rings. The molecule has 1 aliphatic heterocycles.